The summed E-state index contributed by atoms with van der Waals surface area (Å²) in [5, 5.41) is 0. The van der Waals surface area contributed by atoms with E-state index in [-0.39, 0.29) is 12.0 Å². The molecule has 1 fully saturated rings. The Morgan fingerprint density at radius 3 is 2.85 bits per heavy atom. The van der Waals surface area contributed by atoms with Crippen LogP contribution in [0.2, 0.25) is 0 Å². The average molecular weight is 298 g/mol. The summed E-state index contributed by atoms with van der Waals surface area (Å²) < 4.78 is 33.1. The molecule has 1 aromatic carbocycles. The minimum Gasteiger partial charge on any atom is -0.381 e. The summed E-state index contributed by atoms with van der Waals surface area (Å²) in [5.41, 5.74) is 7.12. The first-order valence-electron chi connectivity index (χ1n) is 6.83. The van der Waals surface area contributed by atoms with Crippen molar-refractivity contribution in [3.8, 4) is 0 Å². The fourth-order valence-electron chi connectivity index (χ4n) is 2.41. The minimum absolute atomic E-state index is 0.136. The van der Waals surface area contributed by atoms with Crippen LogP contribution < -0.4 is 10.5 Å². The smallest absolute Gasteiger partial charge is 0.241 e. The molecule has 112 valence electrons. The van der Waals surface area contributed by atoms with Crippen molar-refractivity contribution in [2.45, 2.75) is 37.8 Å². The van der Waals surface area contributed by atoms with E-state index in [2.05, 4.69) is 4.72 Å². The number of hydrogen-bond acceptors (Lipinski definition) is 4. The van der Waals surface area contributed by atoms with Crippen LogP contribution in [-0.2, 0) is 21.3 Å². The van der Waals surface area contributed by atoms with Crippen molar-refractivity contribution in [2.24, 2.45) is 11.7 Å². The number of nitrogens with one attached hydrogen (secondary N) is 1. The molecule has 0 bridgehead atoms. The van der Waals surface area contributed by atoms with Gasteiger partial charge in [-0.15, -0.1) is 0 Å². The highest BCUT2D eigenvalue weighted by atomic mass is 32.2. The van der Waals surface area contributed by atoms with Gasteiger partial charge in [-0.2, -0.15) is 0 Å². The quantitative estimate of drug-likeness (QED) is 0.854. The van der Waals surface area contributed by atoms with Gasteiger partial charge in [-0.3, -0.25) is 0 Å². The average Bonchev–Trinajstić information content (AvgIpc) is 2.92. The highest BCUT2D eigenvalue weighted by molar-refractivity contribution is 7.89. The van der Waals surface area contributed by atoms with Gasteiger partial charge in [0, 0.05) is 25.1 Å². The number of rotatable bonds is 5. The van der Waals surface area contributed by atoms with Crippen LogP contribution >= 0.6 is 0 Å². The van der Waals surface area contributed by atoms with Crippen molar-refractivity contribution in [2.75, 3.05) is 13.2 Å². The predicted molar refractivity (Wildman–Crippen MR) is 77.8 cm³/mol. The summed E-state index contributed by atoms with van der Waals surface area (Å²) in [7, 11) is -3.52. The molecule has 0 radical (unpaired) electrons. The summed E-state index contributed by atoms with van der Waals surface area (Å²) in [5.74, 6) is 0.239. The third-order valence-electron chi connectivity index (χ3n) is 3.79. The highest BCUT2D eigenvalue weighted by Gasteiger charge is 2.27. The Hall–Kier alpha value is -0.950. The van der Waals surface area contributed by atoms with E-state index >= 15 is 0 Å². The number of aryl methyl sites for hydroxylation is 1. The fraction of sp³-hybridized carbons (Fsp3) is 0.571. The van der Waals surface area contributed by atoms with Crippen molar-refractivity contribution in [1.82, 2.24) is 4.72 Å². The van der Waals surface area contributed by atoms with Gasteiger partial charge in [-0.25, -0.2) is 13.1 Å². The van der Waals surface area contributed by atoms with E-state index in [4.69, 9.17) is 10.5 Å². The maximum Gasteiger partial charge on any atom is 0.241 e. The molecule has 1 aliphatic rings. The van der Waals surface area contributed by atoms with Gasteiger partial charge in [0.1, 0.15) is 0 Å². The van der Waals surface area contributed by atoms with Crippen LogP contribution in [0.25, 0.3) is 0 Å². The van der Waals surface area contributed by atoms with Gasteiger partial charge in [-0.1, -0.05) is 12.1 Å². The molecule has 5 nitrogen and oxygen atoms in total. The molecule has 0 aliphatic carbocycles. The number of ether oxygens (including phenoxy) is 1. The highest BCUT2D eigenvalue weighted by Crippen LogP contribution is 2.21. The molecule has 20 heavy (non-hydrogen) atoms. The van der Waals surface area contributed by atoms with Gasteiger partial charge < -0.3 is 10.5 Å². The lowest BCUT2D eigenvalue weighted by molar-refractivity contribution is 0.180. The lowest BCUT2D eigenvalue weighted by Crippen LogP contribution is -2.38. The van der Waals surface area contributed by atoms with E-state index in [0.717, 1.165) is 17.5 Å². The first-order chi connectivity index (χ1) is 9.44. The Morgan fingerprint density at radius 1 is 1.50 bits per heavy atom. The Labute approximate surface area is 120 Å². The summed E-state index contributed by atoms with van der Waals surface area (Å²) in [6.07, 6.45) is 0.894. The predicted octanol–water partition coefficient (Wildman–Crippen LogP) is 1.16. The summed E-state index contributed by atoms with van der Waals surface area (Å²) in [4.78, 5) is 0.311. The zero-order valence-corrected chi connectivity index (χ0v) is 12.7. The number of hydrogen-bond donors (Lipinski definition) is 2. The van der Waals surface area contributed by atoms with Crippen LogP contribution in [0.15, 0.2) is 23.1 Å². The van der Waals surface area contributed by atoms with Crippen LogP contribution in [0.4, 0.5) is 0 Å². The molecule has 0 aromatic heterocycles. The van der Waals surface area contributed by atoms with Gasteiger partial charge in [0.15, 0.2) is 0 Å². The van der Waals surface area contributed by atoms with Crippen molar-refractivity contribution in [1.29, 1.82) is 0 Å². The van der Waals surface area contributed by atoms with Crippen LogP contribution in [0.3, 0.4) is 0 Å². The Kier molecular flexibility index (Phi) is 4.80. The van der Waals surface area contributed by atoms with Crippen LogP contribution in [0, 0.1) is 12.8 Å². The normalized spacial score (nSPS) is 21.1. The molecular weight excluding hydrogens is 276 g/mol. The van der Waals surface area contributed by atoms with E-state index in [1.54, 1.807) is 19.1 Å². The third-order valence-corrected chi connectivity index (χ3v) is 5.49. The molecule has 2 unspecified atom stereocenters. The third kappa shape index (κ3) is 3.38. The molecule has 0 amide bonds. The van der Waals surface area contributed by atoms with Crippen LogP contribution in [0.5, 0.6) is 0 Å². The Morgan fingerprint density at radius 2 is 2.25 bits per heavy atom. The molecule has 6 heteroatoms. The van der Waals surface area contributed by atoms with Gasteiger partial charge >= 0.3 is 0 Å². The lowest BCUT2D eigenvalue weighted by Gasteiger charge is -2.20. The Balaban J connectivity index is 2.21. The standard InChI is InChI=1S/C14H22N2O3S/c1-10-3-4-12(8-15)7-14(10)20(17,18)16-11(2)13-5-6-19-9-13/h3-4,7,11,13,16H,5-6,8-9,15H2,1-2H3. The van der Waals surface area contributed by atoms with E-state index in [1.807, 2.05) is 13.0 Å². The maximum atomic E-state index is 12.5. The zero-order chi connectivity index (χ0) is 14.8. The molecule has 2 rings (SSSR count). The zero-order valence-electron chi connectivity index (χ0n) is 11.9. The van der Waals surface area contributed by atoms with Gasteiger partial charge in [0.25, 0.3) is 0 Å². The van der Waals surface area contributed by atoms with Gasteiger partial charge in [0.2, 0.25) is 10.0 Å². The topological polar surface area (TPSA) is 81.4 Å². The van der Waals surface area contributed by atoms with Crippen molar-refractivity contribution in [3.63, 3.8) is 0 Å². The second-order valence-electron chi connectivity index (χ2n) is 5.34. The number of nitrogens with two attached hydrogens (primary N) is 1. The molecular formula is C14H22N2O3S. The molecule has 3 N–H and O–H groups in total. The summed E-state index contributed by atoms with van der Waals surface area (Å²) in [6.45, 7) is 5.33. The van der Waals surface area contributed by atoms with Gasteiger partial charge in [0.05, 0.1) is 11.5 Å². The van der Waals surface area contributed by atoms with Crippen molar-refractivity contribution in [3.05, 3.63) is 29.3 Å². The van der Waals surface area contributed by atoms with Crippen molar-refractivity contribution >= 4 is 10.0 Å². The van der Waals surface area contributed by atoms with E-state index in [1.165, 1.54) is 0 Å². The molecule has 1 saturated heterocycles. The maximum absolute atomic E-state index is 12.5. The molecule has 1 heterocycles. The largest absolute Gasteiger partial charge is 0.381 e. The molecule has 1 aromatic rings. The van der Waals surface area contributed by atoms with Crippen molar-refractivity contribution < 1.29 is 13.2 Å². The molecule has 2 atom stereocenters. The SMILES string of the molecule is Cc1ccc(CN)cc1S(=O)(=O)NC(C)C1CCOC1. The summed E-state index contributed by atoms with van der Waals surface area (Å²) >= 11 is 0. The first kappa shape index (κ1) is 15.4. The lowest BCUT2D eigenvalue weighted by atomic mass is 10.0. The van der Waals surface area contributed by atoms with E-state index in [0.29, 0.717) is 24.7 Å². The monoisotopic (exact) mass is 298 g/mol. The molecule has 0 spiro atoms. The van der Waals surface area contributed by atoms with E-state index in [9.17, 15) is 8.42 Å². The van der Waals surface area contributed by atoms with Crippen LogP contribution in [0.1, 0.15) is 24.5 Å². The van der Waals surface area contributed by atoms with E-state index < -0.39 is 10.0 Å². The molecule has 0 saturated carbocycles. The Bertz CT molecular complexity index is 566. The number of sulfonamides is 1. The second kappa shape index (κ2) is 6.22. The minimum atomic E-state index is -3.52. The number of benzene rings is 1. The summed E-state index contributed by atoms with van der Waals surface area (Å²) in [6, 6.07) is 5.15. The van der Waals surface area contributed by atoms with Gasteiger partial charge in [-0.05, 0) is 37.5 Å². The first-order valence-corrected chi connectivity index (χ1v) is 8.32. The van der Waals surface area contributed by atoms with Crippen LogP contribution in [-0.4, -0.2) is 27.7 Å². The fourth-order valence-corrected chi connectivity index (χ4v) is 4.02. The second-order valence-corrected chi connectivity index (χ2v) is 7.02. The molecule has 1 aliphatic heterocycles.